The van der Waals surface area contributed by atoms with E-state index in [1.807, 2.05) is 18.2 Å². The molecule has 0 saturated heterocycles. The lowest BCUT2D eigenvalue weighted by molar-refractivity contribution is 0.0927. The van der Waals surface area contributed by atoms with Crippen LogP contribution in [0.2, 0.25) is 0 Å². The van der Waals surface area contributed by atoms with Gasteiger partial charge in [0.25, 0.3) is 5.91 Å². The van der Waals surface area contributed by atoms with Gasteiger partial charge in [0, 0.05) is 32.8 Å². The number of amides is 1. The number of rotatable bonds is 17. The minimum absolute atomic E-state index is 0.150. The fourth-order valence-electron chi connectivity index (χ4n) is 3.64. The van der Waals surface area contributed by atoms with E-state index >= 15 is 0 Å². The van der Waals surface area contributed by atoms with E-state index in [2.05, 4.69) is 24.5 Å². The Morgan fingerprint density at radius 2 is 1.91 bits per heavy atom. The Bertz CT molecular complexity index is 666. The molecule has 2 rings (SSSR count). The predicted molar refractivity (Wildman–Crippen MR) is 128 cm³/mol. The van der Waals surface area contributed by atoms with E-state index in [-0.39, 0.29) is 17.9 Å². The van der Waals surface area contributed by atoms with Crippen LogP contribution in [-0.4, -0.2) is 63.1 Å². The number of aliphatic hydroxyl groups excluding tert-OH is 1. The highest BCUT2D eigenvalue weighted by Crippen LogP contribution is 2.27. The van der Waals surface area contributed by atoms with Crippen molar-refractivity contribution in [2.75, 3.05) is 40.0 Å². The smallest absolute Gasteiger partial charge is 0.255 e. The Balaban J connectivity index is 1.81. The molecule has 1 saturated carbocycles. The lowest BCUT2D eigenvalue weighted by Crippen LogP contribution is -2.45. The summed E-state index contributed by atoms with van der Waals surface area (Å²) in [5.41, 5.74) is 6.83. The molecular formula is C25H43N3O4. The molecule has 0 heterocycles. The molecular weight excluding hydrogens is 406 g/mol. The molecule has 1 aliphatic carbocycles. The van der Waals surface area contributed by atoms with Crippen molar-refractivity contribution in [2.24, 2.45) is 23.5 Å². The Kier molecular flexibility index (Phi) is 12.0. The molecule has 182 valence electrons. The number of ether oxygens (including phenoxy) is 2. The number of hydrogen-bond acceptors (Lipinski definition) is 6. The second kappa shape index (κ2) is 14.5. The summed E-state index contributed by atoms with van der Waals surface area (Å²) in [6, 6.07) is 6.99. The second-order valence-corrected chi connectivity index (χ2v) is 9.33. The van der Waals surface area contributed by atoms with Crippen molar-refractivity contribution in [1.82, 2.24) is 10.6 Å². The Hall–Kier alpha value is -1.67. The van der Waals surface area contributed by atoms with Gasteiger partial charge in [0.05, 0.1) is 18.3 Å². The summed E-state index contributed by atoms with van der Waals surface area (Å²) in [6.45, 7) is 7.48. The van der Waals surface area contributed by atoms with Gasteiger partial charge in [0.2, 0.25) is 0 Å². The van der Waals surface area contributed by atoms with E-state index in [9.17, 15) is 9.90 Å². The molecule has 0 spiro atoms. The number of nitrogens with one attached hydrogen (secondary N) is 2. The van der Waals surface area contributed by atoms with Crippen LogP contribution < -0.4 is 21.1 Å². The standard InChI is InChI=1S/C25H43N3O4/c1-18(2)20(14-22(26)23(29)17-27-15-19-10-11-19)16-28-25(30)21-8-4-5-9-24(21)32-13-7-6-12-31-3/h4-5,8-9,18-20,22-23,27,29H,6-7,10-17,26H2,1-3H3,(H,28,30). The molecule has 1 aromatic carbocycles. The van der Waals surface area contributed by atoms with Gasteiger partial charge in [-0.3, -0.25) is 4.79 Å². The summed E-state index contributed by atoms with van der Waals surface area (Å²) in [4.78, 5) is 12.9. The van der Waals surface area contributed by atoms with Crippen LogP contribution in [-0.2, 0) is 4.74 Å². The predicted octanol–water partition coefficient (Wildman–Crippen LogP) is 2.57. The van der Waals surface area contributed by atoms with Crippen LogP contribution in [0.5, 0.6) is 5.75 Å². The van der Waals surface area contributed by atoms with Crippen LogP contribution in [0.25, 0.3) is 0 Å². The van der Waals surface area contributed by atoms with Crippen molar-refractivity contribution >= 4 is 5.91 Å². The number of hydrogen-bond donors (Lipinski definition) is 4. The topological polar surface area (TPSA) is 106 Å². The number of para-hydroxylation sites is 1. The van der Waals surface area contributed by atoms with E-state index in [0.29, 0.717) is 50.0 Å². The van der Waals surface area contributed by atoms with E-state index in [1.54, 1.807) is 13.2 Å². The highest BCUT2D eigenvalue weighted by Gasteiger charge is 2.25. The first-order valence-electron chi connectivity index (χ1n) is 12.1. The zero-order chi connectivity index (χ0) is 23.3. The van der Waals surface area contributed by atoms with E-state index < -0.39 is 6.10 Å². The lowest BCUT2D eigenvalue weighted by Gasteiger charge is -2.27. The van der Waals surface area contributed by atoms with Crippen molar-refractivity contribution in [3.8, 4) is 5.75 Å². The first kappa shape index (κ1) is 26.6. The van der Waals surface area contributed by atoms with Crippen molar-refractivity contribution in [3.05, 3.63) is 29.8 Å². The van der Waals surface area contributed by atoms with Crippen LogP contribution >= 0.6 is 0 Å². The molecule has 3 atom stereocenters. The molecule has 5 N–H and O–H groups in total. The SMILES string of the molecule is COCCCCOc1ccccc1C(=O)NCC(CC(N)C(O)CNCC1CC1)C(C)C. The van der Waals surface area contributed by atoms with Gasteiger partial charge in [-0.2, -0.15) is 0 Å². The van der Waals surface area contributed by atoms with Crippen molar-refractivity contribution in [3.63, 3.8) is 0 Å². The van der Waals surface area contributed by atoms with Gasteiger partial charge in [-0.15, -0.1) is 0 Å². The molecule has 7 nitrogen and oxygen atoms in total. The summed E-state index contributed by atoms with van der Waals surface area (Å²) in [7, 11) is 1.69. The van der Waals surface area contributed by atoms with Gasteiger partial charge in [0.15, 0.2) is 0 Å². The van der Waals surface area contributed by atoms with E-state index in [4.69, 9.17) is 15.2 Å². The maximum atomic E-state index is 12.9. The lowest BCUT2D eigenvalue weighted by atomic mass is 9.87. The zero-order valence-electron chi connectivity index (χ0n) is 20.0. The first-order chi connectivity index (χ1) is 15.4. The summed E-state index contributed by atoms with van der Waals surface area (Å²) in [6.07, 6.45) is 4.43. The first-order valence-corrected chi connectivity index (χ1v) is 12.1. The quantitative estimate of drug-likeness (QED) is 0.272. The van der Waals surface area contributed by atoms with Gasteiger partial charge >= 0.3 is 0 Å². The third-order valence-corrected chi connectivity index (χ3v) is 6.15. The number of nitrogens with two attached hydrogens (primary N) is 1. The molecule has 32 heavy (non-hydrogen) atoms. The van der Waals surface area contributed by atoms with Gasteiger partial charge in [0.1, 0.15) is 5.75 Å². The summed E-state index contributed by atoms with van der Waals surface area (Å²) < 4.78 is 10.9. The molecule has 1 amide bonds. The van der Waals surface area contributed by atoms with Gasteiger partial charge in [-0.25, -0.2) is 0 Å². The minimum atomic E-state index is -0.585. The van der Waals surface area contributed by atoms with E-state index in [1.165, 1.54) is 12.8 Å². The van der Waals surface area contributed by atoms with Crippen molar-refractivity contribution < 1.29 is 19.4 Å². The Labute approximate surface area is 193 Å². The molecule has 0 aromatic heterocycles. The molecule has 7 heteroatoms. The van der Waals surface area contributed by atoms with Crippen LogP contribution in [0.3, 0.4) is 0 Å². The van der Waals surface area contributed by atoms with Gasteiger partial charge in [-0.1, -0.05) is 26.0 Å². The highest BCUT2D eigenvalue weighted by molar-refractivity contribution is 5.96. The molecule has 0 aliphatic heterocycles. The largest absolute Gasteiger partial charge is 0.493 e. The number of unbranched alkanes of at least 4 members (excludes halogenated alkanes) is 1. The van der Waals surface area contributed by atoms with Gasteiger partial charge in [-0.05, 0) is 68.5 Å². The monoisotopic (exact) mass is 449 g/mol. The van der Waals surface area contributed by atoms with Crippen LogP contribution in [0.1, 0.15) is 56.3 Å². The Morgan fingerprint density at radius 1 is 1.19 bits per heavy atom. The summed E-state index contributed by atoms with van der Waals surface area (Å²) >= 11 is 0. The number of methoxy groups -OCH3 is 1. The molecule has 1 aromatic rings. The number of carbonyl (C=O) groups excluding carboxylic acids is 1. The zero-order valence-corrected chi connectivity index (χ0v) is 20.0. The van der Waals surface area contributed by atoms with Crippen molar-refractivity contribution in [2.45, 2.75) is 58.1 Å². The Morgan fingerprint density at radius 3 is 2.59 bits per heavy atom. The average Bonchev–Trinajstić information content (AvgIpc) is 3.60. The molecule has 1 aliphatic rings. The molecule has 0 radical (unpaired) electrons. The van der Waals surface area contributed by atoms with Crippen molar-refractivity contribution in [1.29, 1.82) is 0 Å². The third-order valence-electron chi connectivity index (χ3n) is 6.15. The minimum Gasteiger partial charge on any atom is -0.493 e. The van der Waals surface area contributed by atoms with Crippen LogP contribution in [0, 0.1) is 17.8 Å². The maximum absolute atomic E-state index is 12.9. The van der Waals surface area contributed by atoms with Crippen LogP contribution in [0.15, 0.2) is 24.3 Å². The third kappa shape index (κ3) is 9.86. The highest BCUT2D eigenvalue weighted by atomic mass is 16.5. The van der Waals surface area contributed by atoms with Crippen LogP contribution in [0.4, 0.5) is 0 Å². The molecule has 1 fully saturated rings. The fraction of sp³-hybridized carbons (Fsp3) is 0.720. The molecule has 3 unspecified atom stereocenters. The number of aliphatic hydroxyl groups is 1. The maximum Gasteiger partial charge on any atom is 0.255 e. The summed E-state index contributed by atoms with van der Waals surface area (Å²) in [5, 5.41) is 16.8. The van der Waals surface area contributed by atoms with Gasteiger partial charge < -0.3 is 30.9 Å². The number of carbonyl (C=O) groups is 1. The fourth-order valence-corrected chi connectivity index (χ4v) is 3.64. The normalized spacial score (nSPS) is 16.6. The average molecular weight is 450 g/mol. The second-order valence-electron chi connectivity index (χ2n) is 9.33. The number of benzene rings is 1. The van der Waals surface area contributed by atoms with E-state index in [0.717, 1.165) is 25.3 Å². The molecule has 0 bridgehead atoms. The summed E-state index contributed by atoms with van der Waals surface area (Å²) in [5.74, 6) is 1.73.